The van der Waals surface area contributed by atoms with Crippen LogP contribution in [0.15, 0.2) is 32.5 Å². The summed E-state index contributed by atoms with van der Waals surface area (Å²) in [5, 5.41) is 12.6. The molecular formula is C13H12Br2FNOS. The summed E-state index contributed by atoms with van der Waals surface area (Å²) in [5.74, 6) is -0.285. The lowest BCUT2D eigenvalue weighted by atomic mass is 10.2. The van der Waals surface area contributed by atoms with Crippen LogP contribution < -0.4 is 5.32 Å². The van der Waals surface area contributed by atoms with E-state index in [-0.39, 0.29) is 18.5 Å². The largest absolute Gasteiger partial charge is 0.394 e. The third-order valence-electron chi connectivity index (χ3n) is 2.57. The fourth-order valence-corrected chi connectivity index (χ4v) is 3.89. The zero-order valence-electron chi connectivity index (χ0n) is 10.1. The van der Waals surface area contributed by atoms with Gasteiger partial charge in [-0.15, -0.1) is 11.3 Å². The van der Waals surface area contributed by atoms with Crippen molar-refractivity contribution in [2.24, 2.45) is 0 Å². The molecule has 1 heterocycles. The maximum atomic E-state index is 13.3. The topological polar surface area (TPSA) is 32.3 Å². The summed E-state index contributed by atoms with van der Waals surface area (Å²) in [6.07, 6.45) is 0. The first-order valence-electron chi connectivity index (χ1n) is 5.59. The number of halogens is 3. The highest BCUT2D eigenvalue weighted by molar-refractivity contribution is 9.13. The number of benzene rings is 1. The SMILES string of the molecule is Cc1cc(F)cc(NC(CO)c2cc(Br)c(Br)s2)c1. The van der Waals surface area contributed by atoms with Crippen LogP contribution in [0.4, 0.5) is 10.1 Å². The minimum absolute atomic E-state index is 0.0606. The lowest BCUT2D eigenvalue weighted by Crippen LogP contribution is -2.13. The minimum Gasteiger partial charge on any atom is -0.394 e. The maximum Gasteiger partial charge on any atom is 0.125 e. The molecule has 0 bridgehead atoms. The van der Waals surface area contributed by atoms with E-state index < -0.39 is 0 Å². The number of aliphatic hydroxyl groups excluding tert-OH is 1. The van der Waals surface area contributed by atoms with Gasteiger partial charge in [0.15, 0.2) is 0 Å². The van der Waals surface area contributed by atoms with E-state index in [0.717, 1.165) is 18.7 Å². The summed E-state index contributed by atoms with van der Waals surface area (Å²) in [5.41, 5.74) is 1.50. The Labute approximate surface area is 131 Å². The number of aryl methyl sites for hydroxylation is 1. The van der Waals surface area contributed by atoms with Gasteiger partial charge in [-0.3, -0.25) is 0 Å². The first kappa shape index (κ1) is 15.0. The predicted octanol–water partition coefficient (Wildman–Crippen LogP) is 4.87. The molecule has 19 heavy (non-hydrogen) atoms. The molecule has 2 N–H and O–H groups in total. The van der Waals surface area contributed by atoms with Crippen LogP contribution in [0, 0.1) is 12.7 Å². The summed E-state index contributed by atoms with van der Waals surface area (Å²) >= 11 is 8.37. The smallest absolute Gasteiger partial charge is 0.125 e. The number of anilines is 1. The van der Waals surface area contributed by atoms with Crippen molar-refractivity contribution in [3.63, 3.8) is 0 Å². The number of hydrogen-bond acceptors (Lipinski definition) is 3. The van der Waals surface area contributed by atoms with Crippen LogP contribution in [-0.4, -0.2) is 11.7 Å². The third-order valence-corrected chi connectivity index (χ3v) is 5.94. The van der Waals surface area contributed by atoms with Crippen molar-refractivity contribution >= 4 is 48.9 Å². The first-order valence-corrected chi connectivity index (χ1v) is 7.99. The molecule has 1 aromatic heterocycles. The van der Waals surface area contributed by atoms with Crippen molar-refractivity contribution < 1.29 is 9.50 Å². The summed E-state index contributed by atoms with van der Waals surface area (Å²) in [7, 11) is 0. The normalized spacial score (nSPS) is 12.5. The zero-order chi connectivity index (χ0) is 14.0. The lowest BCUT2D eigenvalue weighted by molar-refractivity contribution is 0.277. The van der Waals surface area contributed by atoms with Gasteiger partial charge >= 0.3 is 0 Å². The molecule has 0 radical (unpaired) electrons. The van der Waals surface area contributed by atoms with E-state index in [1.54, 1.807) is 0 Å². The van der Waals surface area contributed by atoms with E-state index in [4.69, 9.17) is 0 Å². The van der Waals surface area contributed by atoms with Crippen molar-refractivity contribution in [2.45, 2.75) is 13.0 Å². The second kappa shape index (κ2) is 6.35. The van der Waals surface area contributed by atoms with Gasteiger partial charge in [0.2, 0.25) is 0 Å². The number of hydrogen-bond donors (Lipinski definition) is 2. The molecule has 0 saturated heterocycles. The van der Waals surface area contributed by atoms with Crippen LogP contribution in [0.3, 0.4) is 0 Å². The fourth-order valence-electron chi connectivity index (χ4n) is 1.76. The number of nitrogens with one attached hydrogen (secondary N) is 1. The Kier molecular flexibility index (Phi) is 5.00. The highest BCUT2D eigenvalue weighted by Crippen LogP contribution is 2.36. The van der Waals surface area contributed by atoms with Gasteiger partial charge in [0.05, 0.1) is 16.4 Å². The fraction of sp³-hybridized carbons (Fsp3) is 0.231. The van der Waals surface area contributed by atoms with E-state index >= 15 is 0 Å². The molecule has 0 aliphatic rings. The van der Waals surface area contributed by atoms with Crippen LogP contribution in [-0.2, 0) is 0 Å². The van der Waals surface area contributed by atoms with Gasteiger partial charge in [-0.05, 0) is 68.6 Å². The molecule has 2 nitrogen and oxygen atoms in total. The standard InChI is InChI=1S/C13H12Br2FNOS/c1-7-2-8(16)4-9(3-7)17-11(6-18)12-5-10(14)13(15)19-12/h2-5,11,17-18H,6H2,1H3. The second-order valence-corrected chi connectivity index (χ2v) is 7.42. The van der Waals surface area contributed by atoms with Crippen molar-refractivity contribution in [3.05, 3.63) is 48.8 Å². The highest BCUT2D eigenvalue weighted by Gasteiger charge is 2.15. The molecule has 0 saturated carbocycles. The quantitative estimate of drug-likeness (QED) is 0.756. The molecule has 0 fully saturated rings. The van der Waals surface area contributed by atoms with Crippen molar-refractivity contribution in [2.75, 3.05) is 11.9 Å². The Balaban J connectivity index is 2.23. The molecule has 0 aliphatic carbocycles. The second-order valence-electron chi connectivity index (χ2n) is 4.17. The first-order chi connectivity index (χ1) is 8.99. The van der Waals surface area contributed by atoms with Crippen LogP contribution in [0.2, 0.25) is 0 Å². The Hall–Kier alpha value is -0.430. The minimum atomic E-state index is -0.285. The van der Waals surface area contributed by atoms with Gasteiger partial charge in [0.1, 0.15) is 5.82 Å². The summed E-state index contributed by atoms with van der Waals surface area (Å²) in [6, 6.07) is 6.43. The summed E-state index contributed by atoms with van der Waals surface area (Å²) in [4.78, 5) is 0.975. The van der Waals surface area contributed by atoms with E-state index in [9.17, 15) is 9.50 Å². The van der Waals surface area contributed by atoms with E-state index in [1.807, 2.05) is 19.1 Å². The Bertz CT molecular complexity index is 548. The molecule has 6 heteroatoms. The van der Waals surface area contributed by atoms with Gasteiger partial charge < -0.3 is 10.4 Å². The van der Waals surface area contributed by atoms with Crippen molar-refractivity contribution in [1.29, 1.82) is 0 Å². The zero-order valence-corrected chi connectivity index (χ0v) is 14.1. The predicted molar refractivity (Wildman–Crippen MR) is 84.3 cm³/mol. The van der Waals surface area contributed by atoms with E-state index in [2.05, 4.69) is 37.2 Å². The van der Waals surface area contributed by atoms with Gasteiger partial charge in [-0.25, -0.2) is 4.39 Å². The summed E-state index contributed by atoms with van der Waals surface area (Å²) < 4.78 is 15.3. The maximum absolute atomic E-state index is 13.3. The molecule has 1 unspecified atom stereocenters. The van der Waals surface area contributed by atoms with Crippen molar-refractivity contribution in [3.8, 4) is 0 Å². The average molecular weight is 409 g/mol. The average Bonchev–Trinajstić information content (AvgIpc) is 2.65. The van der Waals surface area contributed by atoms with Gasteiger partial charge in [0, 0.05) is 15.0 Å². The van der Waals surface area contributed by atoms with Crippen LogP contribution in [0.25, 0.3) is 0 Å². The lowest BCUT2D eigenvalue weighted by Gasteiger charge is -2.16. The molecule has 0 aliphatic heterocycles. The molecule has 2 rings (SSSR count). The Morgan fingerprint density at radius 2 is 2.05 bits per heavy atom. The molecule has 0 amide bonds. The number of thiophene rings is 1. The molecular weight excluding hydrogens is 397 g/mol. The van der Waals surface area contributed by atoms with E-state index in [0.29, 0.717) is 5.69 Å². The Morgan fingerprint density at radius 3 is 2.58 bits per heavy atom. The van der Waals surface area contributed by atoms with Gasteiger partial charge in [-0.2, -0.15) is 0 Å². The Morgan fingerprint density at radius 1 is 1.32 bits per heavy atom. The summed E-state index contributed by atoms with van der Waals surface area (Å²) in [6.45, 7) is 1.77. The molecule has 1 aromatic carbocycles. The van der Waals surface area contributed by atoms with E-state index in [1.165, 1.54) is 23.5 Å². The van der Waals surface area contributed by atoms with Gasteiger partial charge in [0.25, 0.3) is 0 Å². The molecule has 102 valence electrons. The highest BCUT2D eigenvalue weighted by atomic mass is 79.9. The molecule has 1 atom stereocenters. The third kappa shape index (κ3) is 3.78. The molecule has 0 spiro atoms. The number of rotatable bonds is 4. The monoisotopic (exact) mass is 407 g/mol. The number of aliphatic hydroxyl groups is 1. The van der Waals surface area contributed by atoms with Crippen LogP contribution in [0.5, 0.6) is 0 Å². The van der Waals surface area contributed by atoms with Crippen LogP contribution in [0.1, 0.15) is 16.5 Å². The van der Waals surface area contributed by atoms with Crippen molar-refractivity contribution in [1.82, 2.24) is 0 Å². The van der Waals surface area contributed by atoms with Crippen LogP contribution >= 0.6 is 43.2 Å². The molecule has 2 aromatic rings. The van der Waals surface area contributed by atoms with Gasteiger partial charge in [-0.1, -0.05) is 0 Å².